The summed E-state index contributed by atoms with van der Waals surface area (Å²) in [5.41, 5.74) is -0.560. The van der Waals surface area contributed by atoms with Crippen molar-refractivity contribution >= 4 is 23.7 Å². The van der Waals surface area contributed by atoms with Crippen LogP contribution in [0.2, 0.25) is 0 Å². The molecule has 21 heavy (non-hydrogen) atoms. The Morgan fingerprint density at radius 2 is 1.71 bits per heavy atom. The van der Waals surface area contributed by atoms with Crippen LogP contribution in [0.4, 0.5) is 4.39 Å². The summed E-state index contributed by atoms with van der Waals surface area (Å²) in [6.45, 7) is 7.58. The van der Waals surface area contributed by atoms with Crippen molar-refractivity contribution in [1.82, 2.24) is 4.57 Å². The monoisotopic (exact) mass is 293 g/mol. The Morgan fingerprint density at radius 1 is 1.14 bits per heavy atom. The lowest BCUT2D eigenvalue weighted by Crippen LogP contribution is -2.41. The van der Waals surface area contributed by atoms with Crippen LogP contribution in [0, 0.1) is 5.82 Å². The Balaban J connectivity index is 2.11. The minimum atomic E-state index is -0.829. The van der Waals surface area contributed by atoms with Gasteiger partial charge in [-0.25, -0.2) is 9.18 Å². The highest BCUT2D eigenvalue weighted by atomic mass is 19.1. The fourth-order valence-corrected chi connectivity index (χ4v) is 2.33. The van der Waals surface area contributed by atoms with Crippen LogP contribution < -0.4 is 11.2 Å². The van der Waals surface area contributed by atoms with Crippen molar-refractivity contribution in [3.05, 3.63) is 28.5 Å². The van der Waals surface area contributed by atoms with Gasteiger partial charge < -0.3 is 13.7 Å². The van der Waals surface area contributed by atoms with E-state index in [0.29, 0.717) is 5.52 Å². The summed E-state index contributed by atoms with van der Waals surface area (Å²) in [7, 11) is 0.701. The average Bonchev–Trinajstić information content (AvgIpc) is 2.76. The van der Waals surface area contributed by atoms with Gasteiger partial charge in [0.2, 0.25) is 0 Å². The number of aryl methyl sites for hydroxylation is 1. The van der Waals surface area contributed by atoms with Crippen LogP contribution in [0.3, 0.4) is 0 Å². The van der Waals surface area contributed by atoms with E-state index < -0.39 is 29.9 Å². The lowest BCUT2D eigenvalue weighted by molar-refractivity contribution is 0.00578. The first-order valence-corrected chi connectivity index (χ1v) is 6.77. The summed E-state index contributed by atoms with van der Waals surface area (Å²) in [5, 5.41) is 0. The second-order valence-corrected chi connectivity index (χ2v) is 6.33. The van der Waals surface area contributed by atoms with Gasteiger partial charge in [0.1, 0.15) is 0 Å². The molecule has 0 radical (unpaired) electrons. The van der Waals surface area contributed by atoms with E-state index in [1.807, 2.05) is 27.7 Å². The van der Waals surface area contributed by atoms with E-state index in [1.165, 1.54) is 11.6 Å². The molecule has 0 bridgehead atoms. The maximum absolute atomic E-state index is 14.6. The Hall–Kier alpha value is -1.60. The zero-order valence-corrected chi connectivity index (χ0v) is 12.7. The van der Waals surface area contributed by atoms with Crippen LogP contribution in [0.1, 0.15) is 27.7 Å². The zero-order valence-electron chi connectivity index (χ0n) is 12.7. The second kappa shape index (κ2) is 4.21. The van der Waals surface area contributed by atoms with Crippen molar-refractivity contribution in [1.29, 1.82) is 0 Å². The number of nitrogens with zero attached hydrogens (tertiary/aromatic N) is 1. The van der Waals surface area contributed by atoms with Crippen molar-refractivity contribution in [3.63, 3.8) is 0 Å². The molecule has 1 aliphatic rings. The Bertz CT molecular complexity index is 761. The van der Waals surface area contributed by atoms with Crippen molar-refractivity contribution in [2.24, 2.45) is 7.05 Å². The topological polar surface area (TPSA) is 53.6 Å². The SMILES string of the molecule is Cn1c(=O)oc2c(F)c(B3OC(C)(C)C(C)(C)O3)ccc21. The molecule has 1 aromatic carbocycles. The highest BCUT2D eigenvalue weighted by Crippen LogP contribution is 2.36. The van der Waals surface area contributed by atoms with Gasteiger partial charge in [-0.15, -0.1) is 0 Å². The van der Waals surface area contributed by atoms with Gasteiger partial charge in [-0.3, -0.25) is 4.57 Å². The number of aromatic nitrogens is 1. The molecule has 1 aromatic heterocycles. The lowest BCUT2D eigenvalue weighted by Gasteiger charge is -2.32. The quantitative estimate of drug-likeness (QED) is 0.749. The maximum atomic E-state index is 14.6. The molecule has 0 unspecified atom stereocenters. The number of fused-ring (bicyclic) bond motifs is 1. The van der Waals surface area contributed by atoms with Crippen LogP contribution in [0.15, 0.2) is 21.3 Å². The standard InChI is InChI=1S/C14H17BFNO4/c1-13(2)14(3,4)21-15(20-13)8-6-7-9-11(10(8)16)19-12(18)17(9)5/h6-7H,1-5H3. The molecule has 2 heterocycles. The number of oxazole rings is 1. The fourth-order valence-electron chi connectivity index (χ4n) is 2.33. The summed E-state index contributed by atoms with van der Waals surface area (Å²) >= 11 is 0. The van der Waals surface area contributed by atoms with E-state index >= 15 is 0 Å². The van der Waals surface area contributed by atoms with Crippen molar-refractivity contribution < 1.29 is 18.1 Å². The summed E-state index contributed by atoms with van der Waals surface area (Å²) in [6.07, 6.45) is 0. The number of hydrogen-bond acceptors (Lipinski definition) is 4. The first-order valence-electron chi connectivity index (χ1n) is 6.77. The normalized spacial score (nSPS) is 20.4. The highest BCUT2D eigenvalue weighted by molar-refractivity contribution is 6.62. The molecule has 0 N–H and O–H groups in total. The average molecular weight is 293 g/mol. The first-order chi connectivity index (χ1) is 9.64. The molecule has 3 rings (SSSR count). The van der Waals surface area contributed by atoms with E-state index in [1.54, 1.807) is 12.1 Å². The first kappa shape index (κ1) is 14.3. The highest BCUT2D eigenvalue weighted by Gasteiger charge is 2.52. The number of rotatable bonds is 1. The summed E-state index contributed by atoms with van der Waals surface area (Å²) in [4.78, 5) is 11.5. The fraction of sp³-hybridized carbons (Fsp3) is 0.500. The molecule has 2 aromatic rings. The number of benzene rings is 1. The van der Waals surface area contributed by atoms with Gasteiger partial charge in [-0.2, -0.15) is 0 Å². The number of halogens is 1. The molecular formula is C14H17BFNO4. The van der Waals surface area contributed by atoms with Crippen molar-refractivity contribution in [3.8, 4) is 0 Å². The van der Waals surface area contributed by atoms with Crippen LogP contribution in [0.25, 0.3) is 11.1 Å². The molecule has 0 saturated carbocycles. The smallest absolute Gasteiger partial charge is 0.405 e. The third-order valence-electron chi connectivity index (χ3n) is 4.44. The van der Waals surface area contributed by atoms with Gasteiger partial charge in [0.25, 0.3) is 0 Å². The maximum Gasteiger partial charge on any atom is 0.498 e. The minimum absolute atomic E-state index is 0.0743. The van der Waals surface area contributed by atoms with Gasteiger partial charge in [-0.05, 0) is 33.8 Å². The van der Waals surface area contributed by atoms with Gasteiger partial charge in [0.05, 0.1) is 16.7 Å². The minimum Gasteiger partial charge on any atom is -0.405 e. The molecule has 112 valence electrons. The molecule has 0 amide bonds. The third kappa shape index (κ3) is 1.95. The Labute approximate surface area is 121 Å². The summed E-state index contributed by atoms with van der Waals surface area (Å²) in [6, 6.07) is 3.19. The van der Waals surface area contributed by atoms with E-state index in [4.69, 9.17) is 13.7 Å². The molecule has 7 heteroatoms. The lowest BCUT2D eigenvalue weighted by atomic mass is 9.78. The summed E-state index contributed by atoms with van der Waals surface area (Å²) in [5.74, 6) is -1.22. The molecule has 5 nitrogen and oxygen atoms in total. The predicted octanol–water partition coefficient (Wildman–Crippen LogP) is 1.57. The van der Waals surface area contributed by atoms with Crippen LogP contribution in [0.5, 0.6) is 0 Å². The third-order valence-corrected chi connectivity index (χ3v) is 4.44. The molecule has 0 atom stereocenters. The van der Waals surface area contributed by atoms with Crippen LogP contribution in [-0.4, -0.2) is 22.9 Å². The molecule has 1 fully saturated rings. The summed E-state index contributed by atoms with van der Waals surface area (Å²) < 4.78 is 32.5. The zero-order chi connectivity index (χ0) is 15.6. The Morgan fingerprint density at radius 3 is 2.29 bits per heavy atom. The van der Waals surface area contributed by atoms with Crippen LogP contribution >= 0.6 is 0 Å². The molecular weight excluding hydrogens is 276 g/mol. The van der Waals surface area contributed by atoms with Gasteiger partial charge >= 0.3 is 12.9 Å². The van der Waals surface area contributed by atoms with E-state index in [-0.39, 0.29) is 11.0 Å². The molecule has 0 spiro atoms. The van der Waals surface area contributed by atoms with Gasteiger partial charge in [0, 0.05) is 12.5 Å². The number of hydrogen-bond donors (Lipinski definition) is 0. The Kier molecular flexibility index (Phi) is 2.87. The van der Waals surface area contributed by atoms with Crippen molar-refractivity contribution in [2.75, 3.05) is 0 Å². The van der Waals surface area contributed by atoms with Gasteiger partial charge in [-0.1, -0.05) is 6.07 Å². The molecule has 0 aliphatic carbocycles. The molecule has 1 saturated heterocycles. The predicted molar refractivity (Wildman–Crippen MR) is 77.1 cm³/mol. The van der Waals surface area contributed by atoms with Gasteiger partial charge in [0.15, 0.2) is 11.4 Å². The van der Waals surface area contributed by atoms with E-state index in [9.17, 15) is 9.18 Å². The van der Waals surface area contributed by atoms with Crippen LogP contribution in [-0.2, 0) is 16.4 Å². The second-order valence-electron chi connectivity index (χ2n) is 6.33. The van der Waals surface area contributed by atoms with E-state index in [0.717, 1.165) is 0 Å². The largest absolute Gasteiger partial charge is 0.498 e. The van der Waals surface area contributed by atoms with E-state index in [2.05, 4.69) is 0 Å². The molecule has 1 aliphatic heterocycles. The van der Waals surface area contributed by atoms with Crippen molar-refractivity contribution in [2.45, 2.75) is 38.9 Å².